The lowest BCUT2D eigenvalue weighted by Gasteiger charge is -1.91. The van der Waals surface area contributed by atoms with Crippen LogP contribution in [0.2, 0.25) is 0 Å². The Hall–Kier alpha value is -1.25. The lowest BCUT2D eigenvalue weighted by molar-refractivity contribution is 0.511. The van der Waals surface area contributed by atoms with Crippen LogP contribution in [0.4, 0.5) is 0 Å². The molecule has 1 rings (SSSR count). The van der Waals surface area contributed by atoms with Crippen LogP contribution in [-0.4, -0.2) is 12.4 Å². The molecule has 0 bridgehead atoms. The number of aliphatic imine (C=N–C) groups is 1. The third kappa shape index (κ3) is 2.89. The number of hydrogen-bond acceptors (Lipinski definition) is 2. The van der Waals surface area contributed by atoms with Gasteiger partial charge < -0.3 is 10.2 Å². The highest BCUT2D eigenvalue weighted by molar-refractivity contribution is 5.77. The number of hydrogen-bond donors (Lipinski definition) is 1. The van der Waals surface area contributed by atoms with Gasteiger partial charge in [-0.15, -0.1) is 0 Å². The normalized spacial score (nSPS) is 11.9. The van der Waals surface area contributed by atoms with Crippen LogP contribution >= 0.6 is 0 Å². The van der Waals surface area contributed by atoms with E-state index in [-0.39, 0.29) is 0 Å². The summed E-state index contributed by atoms with van der Waals surface area (Å²) in [5, 5.41) is 0. The van der Waals surface area contributed by atoms with Gasteiger partial charge in [0.2, 0.25) is 0 Å². The average Bonchev–Trinajstić information content (AvgIpc) is 2.39. The molecule has 0 unspecified atom stereocenters. The quantitative estimate of drug-likeness (QED) is 0.522. The Balaban J connectivity index is 2.30. The van der Waals surface area contributed by atoms with E-state index < -0.39 is 0 Å². The largest absolute Gasteiger partial charge is 0.469 e. The van der Waals surface area contributed by atoms with Crippen molar-refractivity contribution >= 4 is 5.84 Å². The summed E-state index contributed by atoms with van der Waals surface area (Å²) in [4.78, 5) is 4.03. The van der Waals surface area contributed by atoms with E-state index in [0.717, 1.165) is 12.2 Å². The van der Waals surface area contributed by atoms with E-state index >= 15 is 0 Å². The van der Waals surface area contributed by atoms with Crippen molar-refractivity contribution in [2.75, 3.05) is 6.54 Å². The van der Waals surface area contributed by atoms with Crippen molar-refractivity contribution in [3.63, 3.8) is 0 Å². The number of furan rings is 1. The maximum absolute atomic E-state index is 5.35. The summed E-state index contributed by atoms with van der Waals surface area (Å²) in [5.41, 5.74) is 5.35. The number of rotatable bonds is 3. The van der Waals surface area contributed by atoms with Gasteiger partial charge in [-0.2, -0.15) is 0 Å². The van der Waals surface area contributed by atoms with Crippen LogP contribution in [0.3, 0.4) is 0 Å². The van der Waals surface area contributed by atoms with Gasteiger partial charge >= 0.3 is 0 Å². The van der Waals surface area contributed by atoms with Crippen molar-refractivity contribution in [2.45, 2.75) is 13.3 Å². The molecule has 0 saturated carbocycles. The lowest BCUT2D eigenvalue weighted by atomic mass is 10.3. The summed E-state index contributed by atoms with van der Waals surface area (Å²) in [5.74, 6) is 1.58. The Morgan fingerprint density at radius 2 is 2.55 bits per heavy atom. The number of nitrogens with zero attached hydrogens (tertiary/aromatic N) is 1. The van der Waals surface area contributed by atoms with Crippen molar-refractivity contribution in [3.05, 3.63) is 24.2 Å². The standard InChI is InChI=1S/C8H12N2O/c1-7(9)10-5-4-8-3-2-6-11-8/h2-3,6H,4-5H2,1H3,(H2,9,10). The molecule has 0 aliphatic carbocycles. The first-order valence-electron chi connectivity index (χ1n) is 3.58. The molecular weight excluding hydrogens is 140 g/mol. The van der Waals surface area contributed by atoms with Gasteiger partial charge in [-0.3, -0.25) is 4.99 Å². The molecule has 0 saturated heterocycles. The second-order valence-electron chi connectivity index (χ2n) is 2.35. The minimum atomic E-state index is 0.622. The smallest absolute Gasteiger partial charge is 0.105 e. The molecule has 0 radical (unpaired) electrons. The van der Waals surface area contributed by atoms with E-state index in [1.807, 2.05) is 12.1 Å². The first-order valence-corrected chi connectivity index (χ1v) is 3.58. The Morgan fingerprint density at radius 3 is 3.09 bits per heavy atom. The second kappa shape index (κ2) is 3.81. The predicted molar refractivity (Wildman–Crippen MR) is 44.6 cm³/mol. The summed E-state index contributed by atoms with van der Waals surface area (Å²) >= 11 is 0. The molecule has 1 heterocycles. The molecule has 0 fully saturated rings. The Bertz CT molecular complexity index is 222. The van der Waals surface area contributed by atoms with Gasteiger partial charge in [-0.05, 0) is 19.1 Å². The van der Waals surface area contributed by atoms with E-state index in [1.165, 1.54) is 0 Å². The van der Waals surface area contributed by atoms with Gasteiger partial charge in [-0.25, -0.2) is 0 Å². The summed E-state index contributed by atoms with van der Waals surface area (Å²) < 4.78 is 5.11. The van der Waals surface area contributed by atoms with Crippen molar-refractivity contribution < 1.29 is 4.42 Å². The zero-order chi connectivity index (χ0) is 8.10. The molecule has 3 nitrogen and oxygen atoms in total. The highest BCUT2D eigenvalue weighted by atomic mass is 16.3. The topological polar surface area (TPSA) is 51.5 Å². The molecule has 0 spiro atoms. The first-order chi connectivity index (χ1) is 5.29. The van der Waals surface area contributed by atoms with E-state index in [9.17, 15) is 0 Å². The molecule has 0 amide bonds. The van der Waals surface area contributed by atoms with Crippen LogP contribution in [0.25, 0.3) is 0 Å². The van der Waals surface area contributed by atoms with Crippen LogP contribution in [0.1, 0.15) is 12.7 Å². The SMILES string of the molecule is CC(N)=NCCc1ccco1. The average molecular weight is 152 g/mol. The molecule has 0 aliphatic rings. The third-order valence-electron chi connectivity index (χ3n) is 1.30. The molecule has 3 heteroatoms. The van der Waals surface area contributed by atoms with Gasteiger partial charge in [0.15, 0.2) is 0 Å². The van der Waals surface area contributed by atoms with E-state index in [4.69, 9.17) is 10.2 Å². The van der Waals surface area contributed by atoms with Crippen molar-refractivity contribution in [1.29, 1.82) is 0 Å². The molecular formula is C8H12N2O. The Morgan fingerprint density at radius 1 is 1.73 bits per heavy atom. The Labute approximate surface area is 65.9 Å². The zero-order valence-corrected chi connectivity index (χ0v) is 6.58. The van der Waals surface area contributed by atoms with Gasteiger partial charge in [-0.1, -0.05) is 0 Å². The highest BCUT2D eigenvalue weighted by Crippen LogP contribution is 2.00. The zero-order valence-electron chi connectivity index (χ0n) is 6.58. The van der Waals surface area contributed by atoms with E-state index in [2.05, 4.69) is 4.99 Å². The van der Waals surface area contributed by atoms with E-state index in [0.29, 0.717) is 12.4 Å². The Kier molecular flexibility index (Phi) is 2.72. The summed E-state index contributed by atoms with van der Waals surface area (Å²) in [6.45, 7) is 2.48. The van der Waals surface area contributed by atoms with Crippen molar-refractivity contribution in [2.24, 2.45) is 10.7 Å². The second-order valence-corrected chi connectivity index (χ2v) is 2.35. The van der Waals surface area contributed by atoms with Crippen molar-refractivity contribution in [1.82, 2.24) is 0 Å². The monoisotopic (exact) mass is 152 g/mol. The minimum absolute atomic E-state index is 0.622. The highest BCUT2D eigenvalue weighted by Gasteiger charge is 1.92. The van der Waals surface area contributed by atoms with Gasteiger partial charge in [0.25, 0.3) is 0 Å². The van der Waals surface area contributed by atoms with Crippen LogP contribution in [0, 0.1) is 0 Å². The van der Waals surface area contributed by atoms with Crippen LogP contribution in [-0.2, 0) is 6.42 Å². The van der Waals surface area contributed by atoms with Gasteiger partial charge in [0.05, 0.1) is 12.1 Å². The predicted octanol–water partition coefficient (Wildman–Crippen LogP) is 1.20. The minimum Gasteiger partial charge on any atom is -0.469 e. The third-order valence-corrected chi connectivity index (χ3v) is 1.30. The maximum Gasteiger partial charge on any atom is 0.105 e. The van der Waals surface area contributed by atoms with Crippen molar-refractivity contribution in [3.8, 4) is 0 Å². The molecule has 11 heavy (non-hydrogen) atoms. The summed E-state index contributed by atoms with van der Waals surface area (Å²) in [6.07, 6.45) is 2.48. The summed E-state index contributed by atoms with van der Waals surface area (Å²) in [6, 6.07) is 3.80. The van der Waals surface area contributed by atoms with Gasteiger partial charge in [0, 0.05) is 13.0 Å². The number of nitrogens with two attached hydrogens (primary N) is 1. The molecule has 0 aromatic carbocycles. The number of amidine groups is 1. The fourth-order valence-corrected chi connectivity index (χ4v) is 0.797. The van der Waals surface area contributed by atoms with Gasteiger partial charge in [0.1, 0.15) is 5.76 Å². The molecule has 1 aromatic rings. The summed E-state index contributed by atoms with van der Waals surface area (Å²) in [7, 11) is 0. The fraction of sp³-hybridized carbons (Fsp3) is 0.375. The van der Waals surface area contributed by atoms with Crippen LogP contribution in [0.5, 0.6) is 0 Å². The molecule has 0 atom stereocenters. The first kappa shape index (κ1) is 7.85. The lowest BCUT2D eigenvalue weighted by Crippen LogP contribution is -2.06. The van der Waals surface area contributed by atoms with Crippen LogP contribution in [0.15, 0.2) is 27.8 Å². The molecule has 60 valence electrons. The van der Waals surface area contributed by atoms with Crippen LogP contribution < -0.4 is 5.73 Å². The van der Waals surface area contributed by atoms with E-state index in [1.54, 1.807) is 13.2 Å². The molecule has 0 aliphatic heterocycles. The fourth-order valence-electron chi connectivity index (χ4n) is 0.797. The maximum atomic E-state index is 5.35. The molecule has 2 N–H and O–H groups in total. The molecule has 1 aromatic heterocycles.